The molecule has 1 fully saturated rings. The van der Waals surface area contributed by atoms with Crippen LogP contribution in [-0.2, 0) is 6.42 Å². The molecule has 0 aromatic heterocycles. The quantitative estimate of drug-likeness (QED) is 0.774. The zero-order chi connectivity index (χ0) is 12.5. The Bertz CT molecular complexity index is 476. The lowest BCUT2D eigenvalue weighted by Crippen LogP contribution is -2.42. The van der Waals surface area contributed by atoms with Crippen LogP contribution < -0.4 is 0 Å². The zero-order valence-electron chi connectivity index (χ0n) is 10.7. The Morgan fingerprint density at radius 1 is 1.11 bits per heavy atom. The van der Waals surface area contributed by atoms with E-state index >= 15 is 0 Å². The van der Waals surface area contributed by atoms with Crippen LogP contribution in [0.15, 0.2) is 23.3 Å². The van der Waals surface area contributed by atoms with Crippen molar-refractivity contribution >= 4 is 17.3 Å². The lowest BCUT2D eigenvalue weighted by atomic mass is 10.1. The summed E-state index contributed by atoms with van der Waals surface area (Å²) in [5, 5.41) is 7.90. The Morgan fingerprint density at radius 2 is 1.89 bits per heavy atom. The van der Waals surface area contributed by atoms with Crippen LogP contribution in [0.1, 0.15) is 17.5 Å². The van der Waals surface area contributed by atoms with Gasteiger partial charge in [0.2, 0.25) is 0 Å². The average molecular weight is 264 g/mol. The third kappa shape index (κ3) is 2.25. The molecule has 0 spiro atoms. The number of nitrogens with zero attached hydrogens (tertiary/aromatic N) is 3. The number of piperazine rings is 1. The Morgan fingerprint density at radius 3 is 2.67 bits per heavy atom. The third-order valence-electron chi connectivity index (χ3n) is 3.78. The maximum atomic E-state index is 6.22. The molecule has 3 nitrogen and oxygen atoms in total. The number of likely N-dealkylation sites (N-methyl/N-ethyl adjacent to an activating group) is 1. The topological polar surface area (TPSA) is 18.8 Å². The van der Waals surface area contributed by atoms with Crippen LogP contribution >= 0.6 is 11.6 Å². The van der Waals surface area contributed by atoms with Crippen molar-refractivity contribution < 1.29 is 0 Å². The van der Waals surface area contributed by atoms with Crippen LogP contribution in [0.2, 0.25) is 5.02 Å². The van der Waals surface area contributed by atoms with Gasteiger partial charge in [-0.05, 0) is 31.5 Å². The lowest BCUT2D eigenvalue weighted by Gasteiger charge is -2.30. The number of benzene rings is 1. The van der Waals surface area contributed by atoms with E-state index < -0.39 is 0 Å². The van der Waals surface area contributed by atoms with Gasteiger partial charge in [-0.25, -0.2) is 0 Å². The largest absolute Gasteiger partial charge is 0.303 e. The number of hydrazone groups is 1. The fourth-order valence-corrected chi connectivity index (χ4v) is 2.90. The second-order valence-electron chi connectivity index (χ2n) is 5.07. The predicted molar refractivity (Wildman–Crippen MR) is 75.4 cm³/mol. The molecule has 1 aromatic rings. The van der Waals surface area contributed by atoms with Gasteiger partial charge in [0.1, 0.15) is 0 Å². The molecule has 0 bridgehead atoms. The monoisotopic (exact) mass is 263 g/mol. The average Bonchev–Trinajstić information content (AvgIpc) is 2.77. The molecule has 1 heterocycles. The van der Waals surface area contributed by atoms with Crippen LogP contribution in [-0.4, -0.2) is 48.8 Å². The minimum absolute atomic E-state index is 0.885. The van der Waals surface area contributed by atoms with Crippen LogP contribution in [0, 0.1) is 0 Å². The van der Waals surface area contributed by atoms with Gasteiger partial charge in [0.05, 0.1) is 5.71 Å². The van der Waals surface area contributed by atoms with Gasteiger partial charge in [0, 0.05) is 36.8 Å². The van der Waals surface area contributed by atoms with E-state index in [-0.39, 0.29) is 0 Å². The van der Waals surface area contributed by atoms with Crippen molar-refractivity contribution in [3.63, 3.8) is 0 Å². The first-order chi connectivity index (χ1) is 8.74. The summed E-state index contributed by atoms with van der Waals surface area (Å²) >= 11 is 6.22. The smallest absolute Gasteiger partial charge is 0.0684 e. The van der Waals surface area contributed by atoms with E-state index in [1.807, 2.05) is 12.1 Å². The normalized spacial score (nSPS) is 22.6. The Balaban J connectivity index is 1.81. The fourth-order valence-electron chi connectivity index (χ4n) is 2.63. The molecule has 1 aliphatic heterocycles. The maximum Gasteiger partial charge on any atom is 0.0684 e. The van der Waals surface area contributed by atoms with Gasteiger partial charge in [-0.2, -0.15) is 5.10 Å². The fraction of sp³-hybridized carbons (Fsp3) is 0.500. The minimum Gasteiger partial charge on any atom is -0.303 e. The molecule has 4 heteroatoms. The molecule has 0 saturated carbocycles. The summed E-state index contributed by atoms with van der Waals surface area (Å²) in [4.78, 5) is 2.34. The van der Waals surface area contributed by atoms with Crippen LogP contribution in [0.25, 0.3) is 0 Å². The van der Waals surface area contributed by atoms with Crippen molar-refractivity contribution in [2.24, 2.45) is 5.10 Å². The van der Waals surface area contributed by atoms with Gasteiger partial charge in [-0.3, -0.25) is 5.01 Å². The summed E-state index contributed by atoms with van der Waals surface area (Å²) in [5.74, 6) is 0. The highest BCUT2D eigenvalue weighted by Gasteiger charge is 2.21. The first-order valence-corrected chi connectivity index (χ1v) is 6.90. The molecular formula is C14H18ClN3. The van der Waals surface area contributed by atoms with Crippen molar-refractivity contribution in [2.45, 2.75) is 12.8 Å². The lowest BCUT2D eigenvalue weighted by molar-refractivity contribution is 0.159. The van der Waals surface area contributed by atoms with Crippen LogP contribution in [0.3, 0.4) is 0 Å². The molecule has 18 heavy (non-hydrogen) atoms. The molecule has 96 valence electrons. The van der Waals surface area contributed by atoms with Gasteiger partial charge in [0.15, 0.2) is 0 Å². The van der Waals surface area contributed by atoms with Gasteiger partial charge < -0.3 is 4.90 Å². The van der Waals surface area contributed by atoms with E-state index in [1.54, 1.807) is 0 Å². The van der Waals surface area contributed by atoms with Crippen molar-refractivity contribution in [1.29, 1.82) is 0 Å². The summed E-state index contributed by atoms with van der Waals surface area (Å²) in [5.41, 5.74) is 3.73. The Hall–Kier alpha value is -1.06. The van der Waals surface area contributed by atoms with Crippen LogP contribution in [0.5, 0.6) is 0 Å². The molecule has 3 rings (SSSR count). The van der Waals surface area contributed by atoms with Crippen molar-refractivity contribution in [2.75, 3.05) is 33.2 Å². The standard InChI is InChI=1S/C14H18ClN3/c1-17-7-9-18(10-8-17)16-14-6-5-11-12(14)3-2-4-13(11)15/h2-4H,5-10H2,1H3. The molecule has 0 amide bonds. The summed E-state index contributed by atoms with van der Waals surface area (Å²) in [7, 11) is 2.16. The van der Waals surface area contributed by atoms with E-state index in [0.29, 0.717) is 0 Å². The highest BCUT2D eigenvalue weighted by atomic mass is 35.5. The molecule has 0 unspecified atom stereocenters. The Kier molecular flexibility index (Phi) is 3.27. The highest BCUT2D eigenvalue weighted by Crippen LogP contribution is 2.29. The SMILES string of the molecule is CN1CCN(N=C2CCc3c(Cl)cccc32)CC1. The Labute approximate surface area is 113 Å². The molecule has 2 aliphatic rings. The van der Waals surface area contributed by atoms with E-state index in [0.717, 1.165) is 44.0 Å². The first-order valence-electron chi connectivity index (χ1n) is 6.53. The maximum absolute atomic E-state index is 6.22. The third-order valence-corrected chi connectivity index (χ3v) is 4.14. The molecule has 0 atom stereocenters. The van der Waals surface area contributed by atoms with Crippen molar-refractivity contribution in [3.8, 4) is 0 Å². The van der Waals surface area contributed by atoms with E-state index in [9.17, 15) is 0 Å². The molecule has 1 saturated heterocycles. The number of rotatable bonds is 1. The number of halogens is 1. The second kappa shape index (κ2) is 4.90. The van der Waals surface area contributed by atoms with Gasteiger partial charge in [0.25, 0.3) is 0 Å². The van der Waals surface area contributed by atoms with E-state index in [4.69, 9.17) is 16.7 Å². The number of fused-ring (bicyclic) bond motifs is 1. The molecule has 1 aromatic carbocycles. The second-order valence-corrected chi connectivity index (χ2v) is 5.48. The van der Waals surface area contributed by atoms with Crippen LogP contribution in [0.4, 0.5) is 0 Å². The molecular weight excluding hydrogens is 246 g/mol. The summed E-state index contributed by atoms with van der Waals surface area (Å²) in [6, 6.07) is 6.13. The van der Waals surface area contributed by atoms with Gasteiger partial charge in [-0.15, -0.1) is 0 Å². The number of hydrogen-bond acceptors (Lipinski definition) is 3. The van der Waals surface area contributed by atoms with Crippen molar-refractivity contribution in [3.05, 3.63) is 34.3 Å². The van der Waals surface area contributed by atoms with E-state index in [1.165, 1.54) is 16.8 Å². The number of hydrogen-bond donors (Lipinski definition) is 0. The van der Waals surface area contributed by atoms with E-state index in [2.05, 4.69) is 23.0 Å². The summed E-state index contributed by atoms with van der Waals surface area (Å²) < 4.78 is 0. The molecule has 0 N–H and O–H groups in total. The first kappa shape index (κ1) is 12.0. The van der Waals surface area contributed by atoms with Gasteiger partial charge in [-0.1, -0.05) is 23.7 Å². The molecule has 0 radical (unpaired) electrons. The predicted octanol–water partition coefficient (Wildman–Crippen LogP) is 2.24. The van der Waals surface area contributed by atoms with Crippen molar-refractivity contribution in [1.82, 2.24) is 9.91 Å². The summed E-state index contributed by atoms with van der Waals surface area (Å²) in [6.45, 7) is 4.24. The zero-order valence-corrected chi connectivity index (χ0v) is 11.5. The van der Waals surface area contributed by atoms with Gasteiger partial charge >= 0.3 is 0 Å². The molecule has 1 aliphatic carbocycles. The minimum atomic E-state index is 0.885. The highest BCUT2D eigenvalue weighted by molar-refractivity contribution is 6.32. The summed E-state index contributed by atoms with van der Waals surface area (Å²) in [6.07, 6.45) is 2.05.